The van der Waals surface area contributed by atoms with Crippen LogP contribution in [0.5, 0.6) is 0 Å². The molecular weight excluding hydrogens is 569 g/mol. The van der Waals surface area contributed by atoms with Crippen molar-refractivity contribution in [1.29, 1.82) is 0 Å². The van der Waals surface area contributed by atoms with E-state index in [9.17, 15) is 0 Å². The molecule has 0 saturated carbocycles. The molecule has 231 valence electrons. The van der Waals surface area contributed by atoms with Crippen LogP contribution in [0.1, 0.15) is 128 Å². The molecule has 0 bridgehead atoms. The van der Waals surface area contributed by atoms with E-state index in [0.29, 0.717) is 0 Å². The van der Waals surface area contributed by atoms with Gasteiger partial charge in [0, 0.05) is 26.2 Å². The number of benzene rings is 4. The first-order chi connectivity index (χ1) is 21.7. The van der Waals surface area contributed by atoms with Crippen LogP contribution in [-0.4, -0.2) is 0 Å². The van der Waals surface area contributed by atoms with E-state index < -0.39 is 0 Å². The van der Waals surface area contributed by atoms with Gasteiger partial charge in [0.15, 0.2) is 0 Å². The predicted octanol–water partition coefficient (Wildman–Crippen LogP) is 14.7. The van der Waals surface area contributed by atoms with Crippen LogP contribution < -0.4 is 0 Å². The largest absolute Gasteiger partial charge is 0.134 e. The summed E-state index contributed by atoms with van der Waals surface area (Å²) in [5.74, 6) is 0. The van der Waals surface area contributed by atoms with E-state index in [2.05, 4.69) is 74.5 Å². The van der Waals surface area contributed by atoms with Crippen LogP contribution in [0.3, 0.4) is 0 Å². The molecule has 0 spiro atoms. The maximum absolute atomic E-state index is 3.83. The van der Waals surface area contributed by atoms with Crippen molar-refractivity contribution in [1.82, 2.24) is 0 Å². The van der Waals surface area contributed by atoms with Gasteiger partial charge in [-0.05, 0) is 76.6 Å². The summed E-state index contributed by atoms with van der Waals surface area (Å²) in [5.41, 5.74) is 2.96. The molecule has 0 aliphatic rings. The summed E-state index contributed by atoms with van der Waals surface area (Å²) in [5, 5.41) is 8.17. The van der Waals surface area contributed by atoms with E-state index >= 15 is 0 Å². The Hall–Kier alpha value is -2.42. The fraction of sp³-hybridized carbons (Fsp3) is 0.476. The molecule has 0 nitrogen and oxygen atoms in total. The Balaban J connectivity index is 1.13. The van der Waals surface area contributed by atoms with Crippen LogP contribution in [0.4, 0.5) is 0 Å². The molecule has 2 aromatic heterocycles. The van der Waals surface area contributed by atoms with Crippen molar-refractivity contribution in [3.8, 4) is 0 Å². The topological polar surface area (TPSA) is 0 Å². The van der Waals surface area contributed by atoms with Crippen LogP contribution in [0.15, 0.2) is 54.6 Å². The van der Waals surface area contributed by atoms with Crippen molar-refractivity contribution >= 4 is 73.8 Å². The standard InChI is InChI=1S/C42H51S2/c1-3-5-7-9-11-13-15-17-19-31-21-23-33-27-37-39(29-35(33)25-31)43-42-38-28-34-24-22-32(20-18-16-14-12-10-8-6-4-2)26-36(34)30-40(38)44-41(37)42/h21-29H,3-20H2,1-2H3. The number of aryl methyl sites for hydroxylation is 2. The molecule has 0 aliphatic carbocycles. The molecule has 0 fully saturated rings. The number of unbranched alkanes of at least 4 members (excludes halogenated alkanes) is 14. The van der Waals surface area contributed by atoms with Gasteiger partial charge in [-0.1, -0.05) is 140 Å². The van der Waals surface area contributed by atoms with E-state index in [0.717, 1.165) is 0 Å². The quantitative estimate of drug-likeness (QED) is 0.0840. The molecule has 0 unspecified atom stereocenters. The summed E-state index contributed by atoms with van der Waals surface area (Å²) < 4.78 is 5.61. The van der Waals surface area contributed by atoms with Gasteiger partial charge >= 0.3 is 0 Å². The summed E-state index contributed by atoms with van der Waals surface area (Å²) >= 11 is 3.91. The van der Waals surface area contributed by atoms with Gasteiger partial charge in [0.25, 0.3) is 0 Å². The number of thiophene rings is 2. The second-order valence-electron chi connectivity index (χ2n) is 13.3. The molecule has 0 aliphatic heterocycles. The molecule has 1 radical (unpaired) electrons. The van der Waals surface area contributed by atoms with Gasteiger partial charge in [0.05, 0.1) is 9.40 Å². The average Bonchev–Trinajstić information content (AvgIpc) is 3.56. The number of rotatable bonds is 18. The molecule has 0 amide bonds. The molecule has 2 heteroatoms. The van der Waals surface area contributed by atoms with E-state index in [1.165, 1.54) is 178 Å². The zero-order valence-corrected chi connectivity index (χ0v) is 28.9. The van der Waals surface area contributed by atoms with Gasteiger partial charge in [-0.3, -0.25) is 0 Å². The Morgan fingerprint density at radius 3 is 1.68 bits per heavy atom. The van der Waals surface area contributed by atoms with E-state index in [1.807, 2.05) is 22.7 Å². The lowest BCUT2D eigenvalue weighted by atomic mass is 10.0. The lowest BCUT2D eigenvalue weighted by Crippen LogP contribution is -1.87. The first-order valence-corrected chi connectivity index (χ1v) is 19.5. The normalized spacial score (nSPS) is 12.1. The monoisotopic (exact) mass is 619 g/mol. The van der Waals surface area contributed by atoms with E-state index in [1.54, 1.807) is 0 Å². The zero-order chi connectivity index (χ0) is 30.1. The second-order valence-corrected chi connectivity index (χ2v) is 15.3. The second kappa shape index (κ2) is 15.7. The molecule has 0 saturated heterocycles. The van der Waals surface area contributed by atoms with Gasteiger partial charge in [-0.2, -0.15) is 0 Å². The highest BCUT2D eigenvalue weighted by Crippen LogP contribution is 2.46. The Labute approximate surface area is 273 Å². The lowest BCUT2D eigenvalue weighted by Gasteiger charge is -2.05. The summed E-state index contributed by atoms with van der Waals surface area (Å²) in [4.78, 5) is 0. The van der Waals surface area contributed by atoms with Crippen molar-refractivity contribution in [2.45, 2.75) is 129 Å². The predicted molar refractivity (Wildman–Crippen MR) is 201 cm³/mol. The highest BCUT2D eigenvalue weighted by Gasteiger charge is 2.14. The molecular formula is C42H51S2. The van der Waals surface area contributed by atoms with Crippen molar-refractivity contribution in [3.63, 3.8) is 0 Å². The van der Waals surface area contributed by atoms with Crippen molar-refractivity contribution < 1.29 is 0 Å². The lowest BCUT2D eigenvalue weighted by molar-refractivity contribution is 0.575. The number of fused-ring (bicyclic) bond motifs is 7. The van der Waals surface area contributed by atoms with E-state index in [-0.39, 0.29) is 0 Å². The molecule has 44 heavy (non-hydrogen) atoms. The summed E-state index contributed by atoms with van der Waals surface area (Å²) in [6, 6.07) is 25.4. The first-order valence-electron chi connectivity index (χ1n) is 17.9. The fourth-order valence-corrected chi connectivity index (χ4v) is 9.63. The minimum Gasteiger partial charge on any atom is -0.134 e. The number of hydrogen-bond acceptors (Lipinski definition) is 2. The van der Waals surface area contributed by atoms with Crippen molar-refractivity contribution in [2.75, 3.05) is 0 Å². The summed E-state index contributed by atoms with van der Waals surface area (Å²) in [6.07, 6.45) is 24.5. The third kappa shape index (κ3) is 7.68. The fourth-order valence-electron chi connectivity index (χ4n) is 6.98. The molecule has 6 rings (SSSR count). The van der Waals surface area contributed by atoms with Crippen molar-refractivity contribution in [3.05, 3.63) is 71.8 Å². The van der Waals surface area contributed by atoms with Crippen LogP contribution in [-0.2, 0) is 12.8 Å². The van der Waals surface area contributed by atoms with Crippen LogP contribution in [0.2, 0.25) is 0 Å². The average molecular weight is 620 g/mol. The minimum absolute atomic E-state index is 1.19. The molecule has 4 aromatic carbocycles. The molecule has 2 heterocycles. The highest BCUT2D eigenvalue weighted by atomic mass is 32.1. The maximum atomic E-state index is 3.83. The number of hydrogen-bond donors (Lipinski definition) is 0. The minimum atomic E-state index is 1.19. The Morgan fingerprint density at radius 1 is 0.477 bits per heavy atom. The van der Waals surface area contributed by atoms with Gasteiger partial charge in [0.2, 0.25) is 0 Å². The molecule has 0 N–H and O–H groups in total. The van der Waals surface area contributed by atoms with Crippen LogP contribution in [0, 0.1) is 6.07 Å². The Morgan fingerprint density at radius 2 is 1.02 bits per heavy atom. The third-order valence-corrected chi connectivity index (χ3v) is 12.1. The maximum Gasteiger partial charge on any atom is 0.0542 e. The van der Waals surface area contributed by atoms with Gasteiger partial charge < -0.3 is 0 Å². The summed E-state index contributed by atoms with van der Waals surface area (Å²) in [6.45, 7) is 4.59. The van der Waals surface area contributed by atoms with Crippen LogP contribution in [0.25, 0.3) is 51.1 Å². The van der Waals surface area contributed by atoms with Gasteiger partial charge in [0.1, 0.15) is 0 Å². The van der Waals surface area contributed by atoms with Gasteiger partial charge in [-0.25, -0.2) is 0 Å². The smallest absolute Gasteiger partial charge is 0.0542 e. The third-order valence-electron chi connectivity index (χ3n) is 9.66. The van der Waals surface area contributed by atoms with Crippen molar-refractivity contribution in [2.24, 2.45) is 0 Å². The zero-order valence-electron chi connectivity index (χ0n) is 27.2. The molecule has 6 aromatic rings. The van der Waals surface area contributed by atoms with Gasteiger partial charge in [-0.15, -0.1) is 22.7 Å². The summed E-state index contributed by atoms with van der Waals surface area (Å²) in [7, 11) is 0. The Kier molecular flexibility index (Phi) is 11.3. The first kappa shape index (κ1) is 31.6. The SMILES string of the molecule is CCCCCCCCCCc1ccc2cc3c([c]c2c1)sc1c2cc4ccc(CCCCCCCCCC)cc4cc2sc31. The van der Waals surface area contributed by atoms with E-state index in [4.69, 9.17) is 0 Å². The Bertz CT molecular complexity index is 1670. The molecule has 0 atom stereocenters. The van der Waals surface area contributed by atoms with Crippen LogP contribution >= 0.6 is 22.7 Å². The highest BCUT2D eigenvalue weighted by molar-refractivity contribution is 7.36.